The summed E-state index contributed by atoms with van der Waals surface area (Å²) in [6.07, 6.45) is 15.6. The molecule has 0 bridgehead atoms. The molecule has 0 unspecified atom stereocenters. The Bertz CT molecular complexity index is 962. The van der Waals surface area contributed by atoms with E-state index in [1.807, 2.05) is 0 Å². The van der Waals surface area contributed by atoms with Gasteiger partial charge < -0.3 is 19.6 Å². The number of unbranched alkanes of at least 4 members (excludes halogenated alkanes) is 11. The van der Waals surface area contributed by atoms with E-state index in [2.05, 4.69) is 6.92 Å². The van der Waals surface area contributed by atoms with Crippen LogP contribution in [0.25, 0.3) is 11.1 Å². The van der Waals surface area contributed by atoms with Gasteiger partial charge in [0.25, 0.3) is 0 Å². The molecule has 0 heterocycles. The third-order valence-corrected chi connectivity index (χ3v) is 8.16. The van der Waals surface area contributed by atoms with Crippen molar-refractivity contribution in [2.75, 3.05) is 0 Å². The summed E-state index contributed by atoms with van der Waals surface area (Å²) in [6, 6.07) is 10.8. The van der Waals surface area contributed by atoms with E-state index in [1.165, 1.54) is 76.0 Å². The molecule has 0 saturated heterocycles. The van der Waals surface area contributed by atoms with Crippen molar-refractivity contribution >= 4 is 25.8 Å². The van der Waals surface area contributed by atoms with Crippen LogP contribution in [0.4, 0.5) is 0 Å². The SMILES string of the molecule is CCCCCCCCCCCCCCc1cc(P(=O)(O)O)ccc1-c1ccc(P(=O)(O)O)cc1. The first-order valence-electron chi connectivity index (χ1n) is 12.5. The highest BCUT2D eigenvalue weighted by molar-refractivity contribution is 7.60. The van der Waals surface area contributed by atoms with Crippen LogP contribution in [0.1, 0.15) is 89.5 Å². The maximum atomic E-state index is 11.8. The summed E-state index contributed by atoms with van der Waals surface area (Å²) in [4.78, 5) is 37.9. The third-order valence-electron chi connectivity index (χ3n) is 6.24. The fraction of sp³-hybridized carbons (Fsp3) is 0.538. The van der Waals surface area contributed by atoms with E-state index in [0.29, 0.717) is 6.42 Å². The van der Waals surface area contributed by atoms with Crippen molar-refractivity contribution in [3.05, 3.63) is 48.0 Å². The zero-order valence-corrected chi connectivity index (χ0v) is 22.0. The van der Waals surface area contributed by atoms with Gasteiger partial charge in [-0.25, -0.2) is 0 Å². The van der Waals surface area contributed by atoms with Gasteiger partial charge in [0.05, 0.1) is 10.6 Å². The molecular formula is C26H40O6P2. The van der Waals surface area contributed by atoms with Crippen LogP contribution in [0.5, 0.6) is 0 Å². The lowest BCUT2D eigenvalue weighted by Gasteiger charge is -2.14. The second kappa shape index (κ2) is 14.3. The molecule has 34 heavy (non-hydrogen) atoms. The zero-order valence-electron chi connectivity index (χ0n) is 20.2. The fourth-order valence-electron chi connectivity index (χ4n) is 4.24. The van der Waals surface area contributed by atoms with Gasteiger partial charge in [0, 0.05) is 0 Å². The van der Waals surface area contributed by atoms with Crippen molar-refractivity contribution in [2.24, 2.45) is 0 Å². The number of aryl methyl sites for hydroxylation is 1. The lowest BCUT2D eigenvalue weighted by molar-refractivity contribution is 0.385. The predicted octanol–water partition coefficient (Wildman–Crippen LogP) is 6.20. The largest absolute Gasteiger partial charge is 0.356 e. The predicted molar refractivity (Wildman–Crippen MR) is 140 cm³/mol. The molecule has 0 amide bonds. The maximum absolute atomic E-state index is 11.8. The first-order valence-corrected chi connectivity index (χ1v) is 15.7. The van der Waals surface area contributed by atoms with Gasteiger partial charge >= 0.3 is 15.2 Å². The summed E-state index contributed by atoms with van der Waals surface area (Å²) < 4.78 is 23.2. The second-order valence-electron chi connectivity index (χ2n) is 9.12. The fourth-order valence-corrected chi connectivity index (χ4v) is 5.37. The molecule has 0 spiro atoms. The molecule has 190 valence electrons. The number of rotatable bonds is 16. The molecule has 2 aromatic carbocycles. The second-order valence-corrected chi connectivity index (χ2v) is 12.3. The minimum atomic E-state index is -4.36. The minimum Gasteiger partial charge on any atom is -0.321 e. The molecule has 4 N–H and O–H groups in total. The van der Waals surface area contributed by atoms with Gasteiger partial charge in [-0.2, -0.15) is 0 Å². The van der Waals surface area contributed by atoms with Crippen molar-refractivity contribution < 1.29 is 28.7 Å². The first-order chi connectivity index (χ1) is 16.1. The molecule has 0 aliphatic heterocycles. The van der Waals surface area contributed by atoms with E-state index < -0.39 is 15.2 Å². The Hall–Kier alpha value is -1.26. The van der Waals surface area contributed by atoms with Gasteiger partial charge in [-0.1, -0.05) is 95.8 Å². The average molecular weight is 511 g/mol. The summed E-state index contributed by atoms with van der Waals surface area (Å²) in [5, 5.41) is -0.0531. The van der Waals surface area contributed by atoms with Crippen LogP contribution < -0.4 is 10.6 Å². The molecule has 0 aliphatic rings. The molecule has 0 saturated carbocycles. The summed E-state index contributed by atoms with van der Waals surface area (Å²) >= 11 is 0. The normalized spacial score (nSPS) is 12.3. The standard InChI is InChI=1S/C26H40O6P2/c1-2-3-4-5-6-7-8-9-10-11-12-13-14-23-21-25(34(30,31)32)19-20-26(23)22-15-17-24(18-16-22)33(27,28)29/h15-21H,2-14H2,1H3,(H2,27,28,29)(H2,30,31,32). The van der Waals surface area contributed by atoms with Crippen LogP contribution in [-0.2, 0) is 15.6 Å². The van der Waals surface area contributed by atoms with Crippen molar-refractivity contribution in [1.82, 2.24) is 0 Å². The highest BCUT2D eigenvalue weighted by atomic mass is 31.2. The van der Waals surface area contributed by atoms with Gasteiger partial charge in [0.15, 0.2) is 0 Å². The van der Waals surface area contributed by atoms with Crippen LogP contribution in [0.3, 0.4) is 0 Å². The highest BCUT2D eigenvalue weighted by Gasteiger charge is 2.20. The highest BCUT2D eigenvalue weighted by Crippen LogP contribution is 2.37. The van der Waals surface area contributed by atoms with Crippen molar-refractivity contribution in [2.45, 2.75) is 90.4 Å². The Morgan fingerprint density at radius 1 is 0.588 bits per heavy atom. The van der Waals surface area contributed by atoms with Crippen molar-refractivity contribution in [3.63, 3.8) is 0 Å². The van der Waals surface area contributed by atoms with Gasteiger partial charge in [0.2, 0.25) is 0 Å². The van der Waals surface area contributed by atoms with E-state index in [4.69, 9.17) is 0 Å². The molecule has 6 nitrogen and oxygen atoms in total. The van der Waals surface area contributed by atoms with Gasteiger partial charge in [0.1, 0.15) is 0 Å². The molecular weight excluding hydrogens is 470 g/mol. The smallest absolute Gasteiger partial charge is 0.321 e. The Kier molecular flexibility index (Phi) is 12.2. The molecule has 0 aliphatic carbocycles. The summed E-state index contributed by atoms with van der Waals surface area (Å²) in [5.74, 6) is 0. The van der Waals surface area contributed by atoms with Gasteiger partial charge in [-0.15, -0.1) is 0 Å². The minimum absolute atomic E-state index is 0.00276. The zero-order chi connectivity index (χ0) is 25.0. The summed E-state index contributed by atoms with van der Waals surface area (Å²) in [5.41, 5.74) is 2.44. The maximum Gasteiger partial charge on any atom is 0.356 e. The first kappa shape index (κ1) is 29.0. The topological polar surface area (TPSA) is 115 Å². The molecule has 0 radical (unpaired) electrons. The Morgan fingerprint density at radius 3 is 1.50 bits per heavy atom. The van der Waals surface area contributed by atoms with Crippen molar-refractivity contribution in [1.29, 1.82) is 0 Å². The molecule has 2 aromatic rings. The lowest BCUT2D eigenvalue weighted by Crippen LogP contribution is -2.07. The van der Waals surface area contributed by atoms with Crippen LogP contribution >= 0.6 is 15.2 Å². The Balaban J connectivity index is 1.90. The third kappa shape index (κ3) is 10.2. The molecule has 8 heteroatoms. The number of hydrogen-bond acceptors (Lipinski definition) is 2. The van der Waals surface area contributed by atoms with E-state index in [0.717, 1.165) is 36.0 Å². The van der Waals surface area contributed by atoms with E-state index in [-0.39, 0.29) is 10.6 Å². The Labute approximate surface area is 204 Å². The van der Waals surface area contributed by atoms with Gasteiger partial charge in [-0.3, -0.25) is 9.13 Å². The summed E-state index contributed by atoms with van der Waals surface area (Å²) in [7, 11) is -8.68. The molecule has 2 rings (SSSR count). The monoisotopic (exact) mass is 510 g/mol. The van der Waals surface area contributed by atoms with Crippen LogP contribution in [-0.4, -0.2) is 19.6 Å². The van der Waals surface area contributed by atoms with E-state index >= 15 is 0 Å². The molecule has 0 aromatic heterocycles. The van der Waals surface area contributed by atoms with Crippen LogP contribution in [0, 0.1) is 0 Å². The van der Waals surface area contributed by atoms with E-state index in [1.54, 1.807) is 24.3 Å². The summed E-state index contributed by atoms with van der Waals surface area (Å²) in [6.45, 7) is 2.24. The number of hydrogen-bond donors (Lipinski definition) is 4. The van der Waals surface area contributed by atoms with Gasteiger partial charge in [-0.05, 0) is 53.8 Å². The number of benzene rings is 2. The van der Waals surface area contributed by atoms with Crippen LogP contribution in [0.2, 0.25) is 0 Å². The lowest BCUT2D eigenvalue weighted by atomic mass is 9.95. The average Bonchev–Trinajstić information content (AvgIpc) is 2.78. The molecule has 0 atom stereocenters. The Morgan fingerprint density at radius 2 is 1.03 bits per heavy atom. The quantitative estimate of drug-likeness (QED) is 0.158. The van der Waals surface area contributed by atoms with E-state index in [9.17, 15) is 28.7 Å². The van der Waals surface area contributed by atoms with Crippen molar-refractivity contribution in [3.8, 4) is 11.1 Å². The van der Waals surface area contributed by atoms with Crippen LogP contribution in [0.15, 0.2) is 42.5 Å². The molecule has 0 fully saturated rings.